The number of carbonyl (C=O) groups is 2. The average Bonchev–Trinajstić information content (AvgIpc) is 2.93. The molecule has 0 atom stereocenters. The van der Waals surface area contributed by atoms with Crippen LogP contribution in [-0.4, -0.2) is 37.9 Å². The highest BCUT2D eigenvalue weighted by Gasteiger charge is 2.46. The van der Waals surface area contributed by atoms with Crippen LogP contribution in [0.3, 0.4) is 0 Å². The first-order valence-corrected chi connectivity index (χ1v) is 13.0. The van der Waals surface area contributed by atoms with Crippen molar-refractivity contribution in [3.8, 4) is 22.6 Å². The standard InChI is InChI=1S/C27H21F3N4O5S/c1-31-25(35)24-16-22(12-13-32-24)39-21-10-8-19(9-11-21)33-26(36)34-20-6-2-4-17(14-20)18-5-3-7-23(15-18)40(37,38)27(28,29)30/h2-16H,1H3,(H,31,35)(H2,33,34,36). The van der Waals surface area contributed by atoms with Gasteiger partial charge in [0.15, 0.2) is 0 Å². The zero-order valence-corrected chi connectivity index (χ0v) is 21.5. The second kappa shape index (κ2) is 11.5. The van der Waals surface area contributed by atoms with Gasteiger partial charge in [-0.1, -0.05) is 24.3 Å². The van der Waals surface area contributed by atoms with E-state index in [1.54, 1.807) is 48.5 Å². The van der Waals surface area contributed by atoms with Crippen LogP contribution in [0.25, 0.3) is 11.1 Å². The molecule has 206 valence electrons. The highest BCUT2D eigenvalue weighted by atomic mass is 32.2. The Balaban J connectivity index is 1.41. The largest absolute Gasteiger partial charge is 0.501 e. The smallest absolute Gasteiger partial charge is 0.457 e. The van der Waals surface area contributed by atoms with E-state index in [-0.39, 0.29) is 17.2 Å². The molecule has 0 radical (unpaired) electrons. The summed E-state index contributed by atoms with van der Waals surface area (Å²) in [6.45, 7) is 0. The van der Waals surface area contributed by atoms with Gasteiger partial charge >= 0.3 is 11.5 Å². The Kier molecular flexibility index (Phi) is 8.05. The van der Waals surface area contributed by atoms with Crippen LogP contribution in [0.2, 0.25) is 0 Å². The number of nitrogens with one attached hydrogen (secondary N) is 3. The SMILES string of the molecule is CNC(=O)c1cc(Oc2ccc(NC(=O)Nc3cccc(-c4cccc(S(=O)(=O)C(F)(F)F)c4)c3)cc2)ccn1. The monoisotopic (exact) mass is 570 g/mol. The van der Waals surface area contributed by atoms with E-state index in [9.17, 15) is 31.2 Å². The fraction of sp³-hybridized carbons (Fsp3) is 0.0741. The number of halogens is 3. The lowest BCUT2D eigenvalue weighted by Crippen LogP contribution is -2.23. The molecule has 13 heteroatoms. The normalized spacial score (nSPS) is 11.4. The van der Waals surface area contributed by atoms with E-state index in [1.165, 1.54) is 37.5 Å². The molecule has 4 aromatic rings. The van der Waals surface area contributed by atoms with Crippen molar-refractivity contribution >= 4 is 33.2 Å². The van der Waals surface area contributed by atoms with Gasteiger partial charge in [0.1, 0.15) is 17.2 Å². The fourth-order valence-electron chi connectivity index (χ4n) is 3.52. The van der Waals surface area contributed by atoms with E-state index in [1.807, 2.05) is 0 Å². The van der Waals surface area contributed by atoms with E-state index in [4.69, 9.17) is 4.74 Å². The molecular weight excluding hydrogens is 549 g/mol. The summed E-state index contributed by atoms with van der Waals surface area (Å²) >= 11 is 0. The Morgan fingerprint density at radius 2 is 1.45 bits per heavy atom. The van der Waals surface area contributed by atoms with E-state index in [0.29, 0.717) is 28.4 Å². The predicted molar refractivity (Wildman–Crippen MR) is 142 cm³/mol. The molecule has 0 bridgehead atoms. The third-order valence-electron chi connectivity index (χ3n) is 5.44. The maximum absolute atomic E-state index is 12.9. The van der Waals surface area contributed by atoms with Crippen LogP contribution in [0, 0.1) is 0 Å². The minimum Gasteiger partial charge on any atom is -0.457 e. The van der Waals surface area contributed by atoms with Gasteiger partial charge in [-0.15, -0.1) is 0 Å². The number of rotatable bonds is 7. The molecule has 3 amide bonds. The zero-order chi connectivity index (χ0) is 28.9. The van der Waals surface area contributed by atoms with Crippen molar-refractivity contribution in [2.75, 3.05) is 17.7 Å². The Morgan fingerprint density at radius 1 is 0.800 bits per heavy atom. The Bertz CT molecular complexity index is 1660. The quantitative estimate of drug-likeness (QED) is 0.256. The van der Waals surface area contributed by atoms with Crippen LogP contribution < -0.4 is 20.7 Å². The first-order valence-electron chi connectivity index (χ1n) is 11.5. The maximum atomic E-state index is 12.9. The van der Waals surface area contributed by atoms with E-state index < -0.39 is 26.3 Å². The van der Waals surface area contributed by atoms with Crippen LogP contribution >= 0.6 is 0 Å². The fourth-order valence-corrected chi connectivity index (χ4v) is 4.32. The number of aromatic nitrogens is 1. The summed E-state index contributed by atoms with van der Waals surface area (Å²) in [5.74, 6) is 0.487. The molecule has 0 unspecified atom stereocenters. The number of anilines is 2. The third-order valence-corrected chi connectivity index (χ3v) is 6.93. The molecular formula is C27H21F3N4O5S. The average molecular weight is 571 g/mol. The zero-order valence-electron chi connectivity index (χ0n) is 20.7. The number of ether oxygens (including phenoxy) is 1. The molecule has 40 heavy (non-hydrogen) atoms. The molecule has 1 heterocycles. The molecule has 0 aliphatic rings. The Labute approximate surface area is 226 Å². The van der Waals surface area contributed by atoms with Crippen molar-refractivity contribution in [1.29, 1.82) is 0 Å². The van der Waals surface area contributed by atoms with Gasteiger partial charge in [-0.2, -0.15) is 13.2 Å². The molecule has 0 fully saturated rings. The number of urea groups is 1. The molecule has 9 nitrogen and oxygen atoms in total. The van der Waals surface area contributed by atoms with Crippen LogP contribution in [0.15, 0.2) is 96.0 Å². The summed E-state index contributed by atoms with van der Waals surface area (Å²) in [4.78, 5) is 27.4. The number of amides is 3. The molecule has 0 aliphatic carbocycles. The molecule has 3 N–H and O–H groups in total. The number of carbonyl (C=O) groups excluding carboxylic acids is 2. The Hall–Kier alpha value is -4.91. The lowest BCUT2D eigenvalue weighted by Gasteiger charge is -2.12. The number of sulfone groups is 1. The topological polar surface area (TPSA) is 126 Å². The van der Waals surface area contributed by atoms with Crippen molar-refractivity contribution in [3.63, 3.8) is 0 Å². The Morgan fingerprint density at radius 3 is 2.12 bits per heavy atom. The second-order valence-electron chi connectivity index (χ2n) is 8.22. The number of alkyl halides is 3. The summed E-state index contributed by atoms with van der Waals surface area (Å²) in [5.41, 5.74) is -3.85. The second-order valence-corrected chi connectivity index (χ2v) is 10.2. The highest BCUT2D eigenvalue weighted by molar-refractivity contribution is 7.92. The summed E-state index contributed by atoms with van der Waals surface area (Å²) in [7, 11) is -4.01. The lowest BCUT2D eigenvalue weighted by molar-refractivity contribution is -0.0436. The third kappa shape index (κ3) is 6.56. The van der Waals surface area contributed by atoms with Crippen LogP contribution in [0.1, 0.15) is 10.5 Å². The van der Waals surface area contributed by atoms with Crippen molar-refractivity contribution in [2.24, 2.45) is 0 Å². The van der Waals surface area contributed by atoms with Crippen LogP contribution in [0.5, 0.6) is 11.5 Å². The van der Waals surface area contributed by atoms with Crippen molar-refractivity contribution in [3.05, 3.63) is 96.8 Å². The number of pyridine rings is 1. The molecule has 4 rings (SSSR count). The van der Waals surface area contributed by atoms with E-state index in [2.05, 4.69) is 20.9 Å². The van der Waals surface area contributed by atoms with Crippen LogP contribution in [0.4, 0.5) is 29.3 Å². The summed E-state index contributed by atoms with van der Waals surface area (Å²) in [6.07, 6.45) is 1.44. The summed E-state index contributed by atoms with van der Waals surface area (Å²) in [5, 5.41) is 7.74. The minimum absolute atomic E-state index is 0.193. The van der Waals surface area contributed by atoms with E-state index >= 15 is 0 Å². The van der Waals surface area contributed by atoms with Crippen molar-refractivity contribution < 1.29 is 35.9 Å². The van der Waals surface area contributed by atoms with Gasteiger partial charge in [0, 0.05) is 30.7 Å². The highest BCUT2D eigenvalue weighted by Crippen LogP contribution is 2.33. The summed E-state index contributed by atoms with van der Waals surface area (Å²) in [6, 6.07) is 19.6. The molecule has 0 saturated heterocycles. The maximum Gasteiger partial charge on any atom is 0.501 e. The number of hydrogen-bond donors (Lipinski definition) is 3. The predicted octanol–water partition coefficient (Wildman–Crippen LogP) is 5.84. The number of nitrogens with zero attached hydrogens (tertiary/aromatic N) is 1. The van der Waals surface area contributed by atoms with Crippen molar-refractivity contribution in [1.82, 2.24) is 10.3 Å². The van der Waals surface area contributed by atoms with Gasteiger partial charge in [-0.05, 0) is 65.7 Å². The van der Waals surface area contributed by atoms with Crippen LogP contribution in [-0.2, 0) is 9.84 Å². The first-order chi connectivity index (χ1) is 19.0. The molecule has 0 saturated carbocycles. The van der Waals surface area contributed by atoms with Gasteiger partial charge in [0.25, 0.3) is 15.7 Å². The van der Waals surface area contributed by atoms with Gasteiger partial charge in [0.05, 0.1) is 4.90 Å². The number of benzene rings is 3. The molecule has 3 aromatic carbocycles. The van der Waals surface area contributed by atoms with Gasteiger partial charge in [-0.25, -0.2) is 13.2 Å². The minimum atomic E-state index is -5.51. The first kappa shape index (κ1) is 28.1. The summed E-state index contributed by atoms with van der Waals surface area (Å²) < 4.78 is 68.1. The molecule has 1 aromatic heterocycles. The van der Waals surface area contributed by atoms with Crippen molar-refractivity contribution in [2.45, 2.75) is 10.4 Å². The van der Waals surface area contributed by atoms with Gasteiger partial charge in [0.2, 0.25) is 0 Å². The molecule has 0 spiro atoms. The van der Waals surface area contributed by atoms with Gasteiger partial charge < -0.3 is 20.7 Å². The van der Waals surface area contributed by atoms with Gasteiger partial charge in [-0.3, -0.25) is 9.78 Å². The number of hydrogen-bond acceptors (Lipinski definition) is 6. The van der Waals surface area contributed by atoms with E-state index in [0.717, 1.165) is 12.1 Å². The lowest BCUT2D eigenvalue weighted by atomic mass is 10.1. The molecule has 0 aliphatic heterocycles.